The average Bonchev–Trinajstić information content (AvgIpc) is 2.34. The molecule has 0 spiro atoms. The van der Waals surface area contributed by atoms with Gasteiger partial charge in [-0.05, 0) is 19.4 Å². The van der Waals surface area contributed by atoms with Crippen LogP contribution in [0.4, 0.5) is 0 Å². The second-order valence-corrected chi connectivity index (χ2v) is 4.74. The maximum Gasteiger partial charge on any atom is 0.271 e. The molecule has 0 bridgehead atoms. The predicted octanol–water partition coefficient (Wildman–Crippen LogP) is 2.14. The van der Waals surface area contributed by atoms with E-state index in [0.29, 0.717) is 18.9 Å². The molecule has 0 aliphatic rings. The van der Waals surface area contributed by atoms with Crippen molar-refractivity contribution < 1.29 is 4.79 Å². The zero-order valence-electron chi connectivity index (χ0n) is 11.1. The summed E-state index contributed by atoms with van der Waals surface area (Å²) < 4.78 is 0. The third-order valence-electron chi connectivity index (χ3n) is 2.41. The quantitative estimate of drug-likeness (QED) is 0.789. The highest BCUT2D eigenvalue weighted by atomic mass is 35.5. The van der Waals surface area contributed by atoms with Gasteiger partial charge < -0.3 is 11.1 Å². The van der Waals surface area contributed by atoms with Crippen LogP contribution in [0.5, 0.6) is 0 Å². The van der Waals surface area contributed by atoms with Crippen molar-refractivity contribution in [2.45, 2.75) is 32.6 Å². The molecule has 0 aromatic carbocycles. The molecule has 19 heavy (non-hydrogen) atoms. The van der Waals surface area contributed by atoms with Gasteiger partial charge in [0, 0.05) is 12.5 Å². The lowest BCUT2D eigenvalue weighted by Gasteiger charge is -2.08. The Hall–Kier alpha value is -0.910. The Kier molecular flexibility index (Phi) is 8.63. The van der Waals surface area contributed by atoms with Gasteiger partial charge >= 0.3 is 0 Å². The van der Waals surface area contributed by atoms with Crippen LogP contribution in [0.1, 0.15) is 48.9 Å². The van der Waals surface area contributed by atoms with Gasteiger partial charge in [0.1, 0.15) is 11.5 Å². The van der Waals surface area contributed by atoms with E-state index in [2.05, 4.69) is 15.3 Å². The Balaban J connectivity index is 0.00000324. The minimum Gasteiger partial charge on any atom is -0.351 e. The summed E-state index contributed by atoms with van der Waals surface area (Å²) in [5.74, 6) is 0.513. The third kappa shape index (κ3) is 5.72. The number of hydrogen-bond acceptors (Lipinski definition) is 4. The highest BCUT2D eigenvalue weighted by molar-refractivity contribution is 6.33. The molecule has 5 nitrogen and oxygen atoms in total. The molecule has 0 atom stereocenters. The van der Waals surface area contributed by atoms with Crippen molar-refractivity contribution in [3.8, 4) is 0 Å². The maximum absolute atomic E-state index is 11.9. The van der Waals surface area contributed by atoms with Gasteiger partial charge in [0.05, 0.1) is 11.2 Å². The lowest BCUT2D eigenvalue weighted by atomic mass is 10.2. The van der Waals surface area contributed by atoms with Gasteiger partial charge in [0.15, 0.2) is 0 Å². The number of halogens is 2. The van der Waals surface area contributed by atoms with Crippen molar-refractivity contribution in [3.63, 3.8) is 0 Å². The van der Waals surface area contributed by atoms with E-state index in [9.17, 15) is 4.79 Å². The predicted molar refractivity (Wildman–Crippen MR) is 79.0 cm³/mol. The summed E-state index contributed by atoms with van der Waals surface area (Å²) in [6, 6.07) is 0. The second-order valence-electron chi connectivity index (χ2n) is 4.33. The molecule has 0 unspecified atom stereocenters. The standard InChI is InChI=1S/C12H19ClN4O.ClH/c1-8(2)11-16-7-9(13)10(17-11)12(18)15-6-4-3-5-14;/h7-8H,3-6,14H2,1-2H3,(H,15,18);1H. The van der Waals surface area contributed by atoms with Crippen molar-refractivity contribution in [1.82, 2.24) is 15.3 Å². The molecular formula is C12H20Cl2N4O. The van der Waals surface area contributed by atoms with Crippen molar-refractivity contribution in [2.75, 3.05) is 13.1 Å². The fourth-order valence-electron chi connectivity index (χ4n) is 1.37. The van der Waals surface area contributed by atoms with Gasteiger partial charge in [-0.25, -0.2) is 9.97 Å². The first-order valence-electron chi connectivity index (χ1n) is 6.07. The van der Waals surface area contributed by atoms with Gasteiger partial charge in [-0.15, -0.1) is 12.4 Å². The molecule has 0 fully saturated rings. The van der Waals surface area contributed by atoms with Crippen LogP contribution < -0.4 is 11.1 Å². The Morgan fingerprint density at radius 3 is 2.74 bits per heavy atom. The summed E-state index contributed by atoms with van der Waals surface area (Å²) in [6.07, 6.45) is 3.20. The van der Waals surface area contributed by atoms with Gasteiger partial charge in [0.2, 0.25) is 0 Å². The molecule has 0 saturated heterocycles. The number of amides is 1. The normalized spacial score (nSPS) is 10.2. The number of nitrogens with zero attached hydrogens (tertiary/aromatic N) is 2. The molecular weight excluding hydrogens is 287 g/mol. The number of nitrogens with one attached hydrogen (secondary N) is 1. The lowest BCUT2D eigenvalue weighted by Crippen LogP contribution is -2.26. The second kappa shape index (κ2) is 9.07. The fourth-order valence-corrected chi connectivity index (χ4v) is 1.55. The average molecular weight is 307 g/mol. The van der Waals surface area contributed by atoms with E-state index in [0.717, 1.165) is 12.8 Å². The van der Waals surface area contributed by atoms with E-state index < -0.39 is 0 Å². The molecule has 7 heteroatoms. The number of rotatable bonds is 6. The number of hydrogen-bond donors (Lipinski definition) is 2. The molecule has 108 valence electrons. The summed E-state index contributed by atoms with van der Waals surface area (Å²) >= 11 is 5.93. The smallest absolute Gasteiger partial charge is 0.271 e. The van der Waals surface area contributed by atoms with Crippen LogP contribution in [-0.4, -0.2) is 29.0 Å². The largest absolute Gasteiger partial charge is 0.351 e. The van der Waals surface area contributed by atoms with Crippen molar-refractivity contribution in [2.24, 2.45) is 5.73 Å². The van der Waals surface area contributed by atoms with Crippen LogP contribution in [0, 0.1) is 0 Å². The number of carbonyl (C=O) groups excluding carboxylic acids is 1. The van der Waals surface area contributed by atoms with Gasteiger partial charge in [-0.2, -0.15) is 0 Å². The van der Waals surface area contributed by atoms with E-state index in [-0.39, 0.29) is 34.9 Å². The van der Waals surface area contributed by atoms with Crippen LogP contribution >= 0.6 is 24.0 Å². The molecule has 1 aromatic heterocycles. The summed E-state index contributed by atoms with van der Waals surface area (Å²) in [6.45, 7) is 5.13. The minimum atomic E-state index is -0.263. The molecule has 0 saturated carbocycles. The van der Waals surface area contributed by atoms with Crippen molar-refractivity contribution in [3.05, 3.63) is 22.7 Å². The van der Waals surface area contributed by atoms with Gasteiger partial charge in [0.25, 0.3) is 5.91 Å². The van der Waals surface area contributed by atoms with Crippen LogP contribution in [0.3, 0.4) is 0 Å². The molecule has 0 aliphatic carbocycles. The first kappa shape index (κ1) is 18.1. The number of carbonyl (C=O) groups is 1. The topological polar surface area (TPSA) is 80.9 Å². The third-order valence-corrected chi connectivity index (χ3v) is 2.69. The zero-order chi connectivity index (χ0) is 13.5. The summed E-state index contributed by atoms with van der Waals surface area (Å²) in [5.41, 5.74) is 5.62. The Morgan fingerprint density at radius 2 is 2.16 bits per heavy atom. The molecule has 0 radical (unpaired) electrons. The molecule has 0 aliphatic heterocycles. The van der Waals surface area contributed by atoms with Gasteiger partial charge in [-0.3, -0.25) is 4.79 Å². The first-order valence-corrected chi connectivity index (χ1v) is 6.44. The fraction of sp³-hybridized carbons (Fsp3) is 0.583. The molecule has 1 aromatic rings. The highest BCUT2D eigenvalue weighted by Gasteiger charge is 2.14. The summed E-state index contributed by atoms with van der Waals surface area (Å²) in [5, 5.41) is 3.05. The van der Waals surface area contributed by atoms with Crippen LogP contribution in [0.15, 0.2) is 6.20 Å². The van der Waals surface area contributed by atoms with E-state index in [4.69, 9.17) is 17.3 Å². The van der Waals surface area contributed by atoms with Crippen LogP contribution in [-0.2, 0) is 0 Å². The molecule has 1 heterocycles. The van der Waals surface area contributed by atoms with Crippen LogP contribution in [0.25, 0.3) is 0 Å². The molecule has 3 N–H and O–H groups in total. The Bertz CT molecular complexity index is 413. The summed E-state index contributed by atoms with van der Waals surface area (Å²) in [4.78, 5) is 20.2. The summed E-state index contributed by atoms with van der Waals surface area (Å²) in [7, 11) is 0. The van der Waals surface area contributed by atoms with E-state index in [1.165, 1.54) is 6.20 Å². The minimum absolute atomic E-state index is 0. The van der Waals surface area contributed by atoms with Crippen molar-refractivity contribution >= 4 is 29.9 Å². The monoisotopic (exact) mass is 306 g/mol. The highest BCUT2D eigenvalue weighted by Crippen LogP contribution is 2.16. The van der Waals surface area contributed by atoms with Crippen LogP contribution in [0.2, 0.25) is 5.02 Å². The molecule has 1 rings (SSSR count). The Labute approximate surface area is 124 Å². The van der Waals surface area contributed by atoms with Gasteiger partial charge in [-0.1, -0.05) is 25.4 Å². The first-order chi connectivity index (χ1) is 8.56. The zero-order valence-corrected chi connectivity index (χ0v) is 12.7. The number of aromatic nitrogens is 2. The number of nitrogens with two attached hydrogens (primary N) is 1. The maximum atomic E-state index is 11.9. The lowest BCUT2D eigenvalue weighted by molar-refractivity contribution is 0.0947. The van der Waals surface area contributed by atoms with E-state index >= 15 is 0 Å². The molecule has 1 amide bonds. The number of unbranched alkanes of at least 4 members (excludes halogenated alkanes) is 1. The van der Waals surface area contributed by atoms with E-state index in [1.807, 2.05) is 13.8 Å². The van der Waals surface area contributed by atoms with Crippen molar-refractivity contribution in [1.29, 1.82) is 0 Å². The SMILES string of the molecule is CC(C)c1ncc(Cl)c(C(=O)NCCCCN)n1.Cl. The van der Waals surface area contributed by atoms with E-state index in [1.54, 1.807) is 0 Å². The Morgan fingerprint density at radius 1 is 1.47 bits per heavy atom.